The Kier molecular flexibility index (Phi) is 2.21. The van der Waals surface area contributed by atoms with Crippen LogP contribution in [0, 0.1) is 0 Å². The van der Waals surface area contributed by atoms with E-state index in [1.54, 1.807) is 0 Å². The number of rotatable bonds is 0. The molecule has 2 aliphatic rings. The van der Waals surface area contributed by atoms with Crippen molar-refractivity contribution >= 4 is 11.9 Å². The van der Waals surface area contributed by atoms with Crippen molar-refractivity contribution in [3.8, 4) is 0 Å². The van der Waals surface area contributed by atoms with Gasteiger partial charge in [-0.15, -0.1) is 0 Å². The van der Waals surface area contributed by atoms with E-state index in [2.05, 4.69) is 5.32 Å². The molecule has 1 spiro atoms. The van der Waals surface area contributed by atoms with Crippen molar-refractivity contribution < 1.29 is 14.3 Å². The molecular weight excluding hydrogens is 182 g/mol. The number of amides is 1. The van der Waals surface area contributed by atoms with E-state index in [0.29, 0.717) is 12.8 Å². The average molecular weight is 197 g/mol. The Morgan fingerprint density at radius 3 is 2.86 bits per heavy atom. The molecule has 0 aliphatic carbocycles. The van der Waals surface area contributed by atoms with E-state index in [4.69, 9.17) is 4.74 Å². The fourth-order valence-electron chi connectivity index (χ4n) is 2.32. The van der Waals surface area contributed by atoms with Gasteiger partial charge in [-0.1, -0.05) is 0 Å². The second kappa shape index (κ2) is 3.26. The predicted octanol–water partition coefficient (Wildman–Crippen LogP) is 0.751. The summed E-state index contributed by atoms with van der Waals surface area (Å²) in [5.41, 5.74) is -0.701. The first-order valence-electron chi connectivity index (χ1n) is 5.14. The Bertz CT molecular complexity index is 277. The third kappa shape index (κ3) is 1.49. The minimum atomic E-state index is -0.701. The van der Waals surface area contributed by atoms with Gasteiger partial charge in [0.25, 0.3) is 0 Å². The van der Waals surface area contributed by atoms with Gasteiger partial charge < -0.3 is 10.1 Å². The second-order valence-corrected chi connectivity index (χ2v) is 4.26. The Hall–Kier alpha value is -1.06. The summed E-state index contributed by atoms with van der Waals surface area (Å²) < 4.78 is 5.10. The number of carbonyl (C=O) groups excluding carboxylic acids is 2. The summed E-state index contributed by atoms with van der Waals surface area (Å²) in [4.78, 5) is 23.0. The number of cyclic esters (lactones) is 1. The zero-order valence-electron chi connectivity index (χ0n) is 8.34. The SMILES string of the molecule is C[C@@H]1C[C@@]2(CCCCC(=O)N2)C(=O)O1. The van der Waals surface area contributed by atoms with Crippen molar-refractivity contribution in [2.24, 2.45) is 0 Å². The van der Waals surface area contributed by atoms with E-state index in [-0.39, 0.29) is 18.0 Å². The van der Waals surface area contributed by atoms with Gasteiger partial charge >= 0.3 is 5.97 Å². The van der Waals surface area contributed by atoms with Crippen molar-refractivity contribution in [2.75, 3.05) is 0 Å². The van der Waals surface area contributed by atoms with Gasteiger partial charge in [0.05, 0.1) is 0 Å². The van der Waals surface area contributed by atoms with Crippen LogP contribution in [0.2, 0.25) is 0 Å². The lowest BCUT2D eigenvalue weighted by Gasteiger charge is -2.23. The Morgan fingerprint density at radius 2 is 2.21 bits per heavy atom. The molecule has 0 aromatic heterocycles. The molecule has 1 amide bonds. The minimum absolute atomic E-state index is 0.0199. The maximum atomic E-state index is 11.6. The van der Waals surface area contributed by atoms with Crippen LogP contribution in [-0.2, 0) is 14.3 Å². The molecule has 2 heterocycles. The molecule has 14 heavy (non-hydrogen) atoms. The summed E-state index contributed by atoms with van der Waals surface area (Å²) in [6.45, 7) is 1.86. The van der Waals surface area contributed by atoms with Gasteiger partial charge in [-0.3, -0.25) is 4.79 Å². The molecule has 2 saturated heterocycles. The topological polar surface area (TPSA) is 55.4 Å². The summed E-state index contributed by atoms with van der Waals surface area (Å²) >= 11 is 0. The van der Waals surface area contributed by atoms with Crippen LogP contribution in [0.4, 0.5) is 0 Å². The Balaban J connectivity index is 2.20. The summed E-state index contributed by atoms with van der Waals surface area (Å²) in [7, 11) is 0. The van der Waals surface area contributed by atoms with Gasteiger partial charge in [-0.2, -0.15) is 0 Å². The molecule has 78 valence electrons. The molecule has 0 aromatic carbocycles. The number of carbonyl (C=O) groups is 2. The normalized spacial score (nSPS) is 37.9. The Labute approximate surface area is 83.0 Å². The van der Waals surface area contributed by atoms with Crippen LogP contribution in [0.3, 0.4) is 0 Å². The molecule has 1 N–H and O–H groups in total. The molecule has 0 aromatic rings. The highest BCUT2D eigenvalue weighted by atomic mass is 16.6. The van der Waals surface area contributed by atoms with E-state index in [9.17, 15) is 9.59 Å². The zero-order valence-corrected chi connectivity index (χ0v) is 8.34. The van der Waals surface area contributed by atoms with Crippen LogP contribution in [0.25, 0.3) is 0 Å². The number of ether oxygens (including phenoxy) is 1. The molecular formula is C10H15NO3. The number of nitrogens with one attached hydrogen (secondary N) is 1. The third-order valence-electron chi connectivity index (χ3n) is 2.97. The van der Waals surface area contributed by atoms with Crippen molar-refractivity contribution in [1.29, 1.82) is 0 Å². The molecule has 0 bridgehead atoms. The average Bonchev–Trinajstić information content (AvgIpc) is 2.30. The van der Waals surface area contributed by atoms with Crippen molar-refractivity contribution in [2.45, 2.75) is 50.7 Å². The first-order chi connectivity index (χ1) is 6.62. The maximum Gasteiger partial charge on any atom is 0.332 e. The van der Waals surface area contributed by atoms with Crippen LogP contribution < -0.4 is 5.32 Å². The third-order valence-corrected chi connectivity index (χ3v) is 2.97. The standard InChI is InChI=1S/C10H15NO3/c1-7-6-10(9(13)14-7)5-3-2-4-8(12)11-10/h7H,2-6H2,1H3,(H,11,12)/t7-,10+/m1/s1. The lowest BCUT2D eigenvalue weighted by molar-refractivity contribution is -0.147. The van der Waals surface area contributed by atoms with Crippen LogP contribution >= 0.6 is 0 Å². The van der Waals surface area contributed by atoms with Crippen molar-refractivity contribution in [3.63, 3.8) is 0 Å². The first kappa shape index (κ1) is 9.49. The fraction of sp³-hybridized carbons (Fsp3) is 0.800. The lowest BCUT2D eigenvalue weighted by Crippen LogP contribution is -2.50. The van der Waals surface area contributed by atoms with Gasteiger partial charge in [0.15, 0.2) is 0 Å². The number of hydrogen-bond acceptors (Lipinski definition) is 3. The summed E-state index contributed by atoms with van der Waals surface area (Å²) in [5.74, 6) is -0.270. The predicted molar refractivity (Wildman–Crippen MR) is 49.5 cm³/mol. The largest absolute Gasteiger partial charge is 0.461 e. The molecule has 2 aliphatic heterocycles. The second-order valence-electron chi connectivity index (χ2n) is 4.26. The fourth-order valence-corrected chi connectivity index (χ4v) is 2.32. The summed E-state index contributed by atoms with van der Waals surface area (Å²) in [6.07, 6.45) is 3.60. The first-order valence-corrected chi connectivity index (χ1v) is 5.14. The highest BCUT2D eigenvalue weighted by Crippen LogP contribution is 2.32. The van der Waals surface area contributed by atoms with Crippen LogP contribution in [-0.4, -0.2) is 23.5 Å². The number of hydrogen-bond donors (Lipinski definition) is 1. The highest BCUT2D eigenvalue weighted by Gasteiger charge is 2.48. The van der Waals surface area contributed by atoms with Crippen LogP contribution in [0.1, 0.15) is 39.0 Å². The van der Waals surface area contributed by atoms with Crippen LogP contribution in [0.15, 0.2) is 0 Å². The van der Waals surface area contributed by atoms with E-state index in [1.165, 1.54) is 0 Å². The molecule has 0 radical (unpaired) electrons. The van der Waals surface area contributed by atoms with E-state index in [1.807, 2.05) is 6.92 Å². The van der Waals surface area contributed by atoms with Crippen LogP contribution in [0.5, 0.6) is 0 Å². The van der Waals surface area contributed by atoms with Gasteiger partial charge in [0.1, 0.15) is 11.6 Å². The summed E-state index contributed by atoms with van der Waals surface area (Å²) in [5, 5.41) is 2.82. The molecule has 2 atom stereocenters. The quantitative estimate of drug-likeness (QED) is 0.583. The minimum Gasteiger partial charge on any atom is -0.461 e. The monoisotopic (exact) mass is 197 g/mol. The maximum absolute atomic E-state index is 11.6. The van der Waals surface area contributed by atoms with Gasteiger partial charge in [0, 0.05) is 12.8 Å². The molecule has 4 heteroatoms. The van der Waals surface area contributed by atoms with E-state index >= 15 is 0 Å². The summed E-state index contributed by atoms with van der Waals surface area (Å²) in [6, 6.07) is 0. The molecule has 0 unspecified atom stereocenters. The Morgan fingerprint density at radius 1 is 1.43 bits per heavy atom. The van der Waals surface area contributed by atoms with Gasteiger partial charge in [0.2, 0.25) is 5.91 Å². The molecule has 0 saturated carbocycles. The van der Waals surface area contributed by atoms with E-state index in [0.717, 1.165) is 19.3 Å². The lowest BCUT2D eigenvalue weighted by atomic mass is 9.90. The molecule has 2 rings (SSSR count). The highest BCUT2D eigenvalue weighted by molar-refractivity contribution is 5.89. The zero-order chi connectivity index (χ0) is 10.2. The van der Waals surface area contributed by atoms with Crippen molar-refractivity contribution in [3.05, 3.63) is 0 Å². The number of esters is 1. The van der Waals surface area contributed by atoms with Gasteiger partial charge in [-0.25, -0.2) is 4.79 Å². The van der Waals surface area contributed by atoms with Crippen molar-refractivity contribution in [1.82, 2.24) is 5.32 Å². The molecule has 4 nitrogen and oxygen atoms in total. The van der Waals surface area contributed by atoms with Gasteiger partial charge in [-0.05, 0) is 26.2 Å². The molecule has 2 fully saturated rings. The smallest absolute Gasteiger partial charge is 0.332 e. The van der Waals surface area contributed by atoms with E-state index < -0.39 is 5.54 Å².